The van der Waals surface area contributed by atoms with Crippen LogP contribution >= 0.6 is 0 Å². The van der Waals surface area contributed by atoms with Crippen molar-refractivity contribution in [3.63, 3.8) is 0 Å². The van der Waals surface area contributed by atoms with Gasteiger partial charge in [-0.1, -0.05) is 225 Å². The molecule has 14 heteroatoms. The maximum Gasteiger partial charge on any atom is 0.220 e. The van der Waals surface area contributed by atoms with Gasteiger partial charge in [0.2, 0.25) is 5.91 Å². The summed E-state index contributed by atoms with van der Waals surface area (Å²) in [6.07, 6.45) is 29.7. The maximum atomic E-state index is 13.2. The molecule has 2 rings (SSSR count). The highest BCUT2D eigenvalue weighted by Crippen LogP contribution is 2.30. The number of unbranched alkanes of at least 4 members (excludes halogenated alkanes) is 32. The van der Waals surface area contributed by atoms with Gasteiger partial charge in [0, 0.05) is 6.42 Å². The number of ether oxygens (including phenoxy) is 4. The van der Waals surface area contributed by atoms with Gasteiger partial charge in [0.05, 0.1) is 32.0 Å². The van der Waals surface area contributed by atoms with Gasteiger partial charge >= 0.3 is 0 Å². The zero-order valence-electron chi connectivity index (χ0n) is 43.6. The molecule has 0 spiro atoms. The molecule has 0 bridgehead atoms. The highest BCUT2D eigenvalue weighted by molar-refractivity contribution is 5.76. The number of hydrogen-bond acceptors (Lipinski definition) is 13. The minimum absolute atomic E-state index is 0.235. The summed E-state index contributed by atoms with van der Waals surface area (Å²) in [5, 5.41) is 86.9. The first-order valence-corrected chi connectivity index (χ1v) is 28.4. The molecule has 0 aliphatic carbocycles. The molecular formula is C55H105NO13. The molecule has 69 heavy (non-hydrogen) atoms. The molecule has 0 aromatic carbocycles. The van der Waals surface area contributed by atoms with Gasteiger partial charge in [-0.3, -0.25) is 4.79 Å². The number of aliphatic hydroxyl groups excluding tert-OH is 8. The van der Waals surface area contributed by atoms with E-state index >= 15 is 0 Å². The quantitative estimate of drug-likeness (QED) is 0.0206. The van der Waals surface area contributed by atoms with Crippen molar-refractivity contribution in [3.8, 4) is 0 Å². The first-order chi connectivity index (χ1) is 33.6. The molecule has 1 amide bonds. The van der Waals surface area contributed by atoms with Gasteiger partial charge in [-0.15, -0.1) is 0 Å². The molecule has 0 aromatic rings. The Labute approximate surface area is 418 Å². The highest BCUT2D eigenvalue weighted by atomic mass is 16.7. The van der Waals surface area contributed by atoms with Crippen molar-refractivity contribution in [3.05, 3.63) is 12.2 Å². The molecule has 2 saturated heterocycles. The van der Waals surface area contributed by atoms with E-state index in [1.54, 1.807) is 6.08 Å². The maximum absolute atomic E-state index is 13.2. The summed E-state index contributed by atoms with van der Waals surface area (Å²) in [5.41, 5.74) is 0. The molecule has 408 valence electrons. The Hall–Kier alpha value is -1.27. The number of nitrogens with one attached hydrogen (secondary N) is 1. The average Bonchev–Trinajstić information content (AvgIpc) is 3.35. The van der Waals surface area contributed by atoms with Crippen LogP contribution in [0.1, 0.15) is 239 Å². The van der Waals surface area contributed by atoms with Gasteiger partial charge < -0.3 is 65.1 Å². The first kappa shape index (κ1) is 63.8. The Bertz CT molecular complexity index is 1210. The van der Waals surface area contributed by atoms with Crippen molar-refractivity contribution in [1.29, 1.82) is 0 Å². The smallest absolute Gasteiger partial charge is 0.220 e. The third-order valence-corrected chi connectivity index (χ3v) is 14.2. The number of amides is 1. The molecule has 2 aliphatic rings. The Balaban J connectivity index is 1.76. The van der Waals surface area contributed by atoms with E-state index in [9.17, 15) is 45.6 Å². The molecule has 2 unspecified atom stereocenters. The molecule has 0 radical (unpaired) electrons. The van der Waals surface area contributed by atoms with Crippen molar-refractivity contribution >= 4 is 5.91 Å². The van der Waals surface area contributed by atoms with Crippen LogP contribution in [0.2, 0.25) is 0 Å². The monoisotopic (exact) mass is 988 g/mol. The van der Waals surface area contributed by atoms with Crippen molar-refractivity contribution in [2.45, 2.75) is 312 Å². The lowest BCUT2D eigenvalue weighted by molar-refractivity contribution is -0.359. The van der Waals surface area contributed by atoms with Crippen LogP contribution in [0.3, 0.4) is 0 Å². The Morgan fingerprint density at radius 2 is 0.899 bits per heavy atom. The van der Waals surface area contributed by atoms with E-state index in [1.807, 2.05) is 6.08 Å². The fraction of sp³-hybridized carbons (Fsp3) is 0.945. The second-order valence-corrected chi connectivity index (χ2v) is 20.4. The third kappa shape index (κ3) is 28.7. The standard InChI is InChI=1S/C55H105NO13/c1-3-5-7-9-11-13-15-17-18-19-20-21-22-23-24-25-27-29-31-33-35-37-39-47(60)56-43(44(59)38-36-34-32-30-28-26-16-14-12-10-8-6-4-2)42-66-54-52(65)50(63)53(46(41-58)68-54)69-55-51(64)49(62)48(61)45(40-57)67-55/h36,38,43-46,48-55,57-59,61-65H,3-35,37,39-42H2,1-2H3,(H,56,60)/t43?,44?,45-,46-,48+,49+,50-,51-,52-,53+,54-,55-/m1/s1. The van der Waals surface area contributed by atoms with Gasteiger partial charge in [0.1, 0.15) is 48.8 Å². The second kappa shape index (κ2) is 42.1. The van der Waals surface area contributed by atoms with Gasteiger partial charge in [-0.2, -0.15) is 0 Å². The molecule has 0 saturated carbocycles. The highest BCUT2D eigenvalue weighted by Gasteiger charge is 2.51. The lowest BCUT2D eigenvalue weighted by Crippen LogP contribution is -2.65. The Morgan fingerprint density at radius 3 is 1.33 bits per heavy atom. The molecule has 9 N–H and O–H groups in total. The number of rotatable bonds is 45. The zero-order valence-corrected chi connectivity index (χ0v) is 43.6. The van der Waals surface area contributed by atoms with Crippen molar-refractivity contribution in [2.24, 2.45) is 0 Å². The van der Waals surface area contributed by atoms with E-state index in [-0.39, 0.29) is 18.9 Å². The van der Waals surface area contributed by atoms with Crippen LogP contribution in [-0.4, -0.2) is 140 Å². The topological polar surface area (TPSA) is 228 Å². The summed E-state index contributed by atoms with van der Waals surface area (Å²) in [6, 6.07) is -0.908. The second-order valence-electron chi connectivity index (χ2n) is 20.4. The van der Waals surface area contributed by atoms with Crippen LogP contribution in [0, 0.1) is 0 Å². The van der Waals surface area contributed by atoms with Crippen LogP contribution in [0.15, 0.2) is 12.2 Å². The normalized spacial score (nSPS) is 26.2. The largest absolute Gasteiger partial charge is 0.394 e. The summed E-state index contributed by atoms with van der Waals surface area (Å²) in [6.45, 7) is 2.81. The first-order valence-electron chi connectivity index (χ1n) is 28.4. The van der Waals surface area contributed by atoms with Crippen LogP contribution < -0.4 is 5.32 Å². The Kier molecular flexibility index (Phi) is 39.0. The summed E-state index contributed by atoms with van der Waals surface area (Å²) < 4.78 is 22.7. The van der Waals surface area contributed by atoms with Crippen molar-refractivity contribution in [2.75, 3.05) is 19.8 Å². The van der Waals surface area contributed by atoms with Crippen LogP contribution in [0.25, 0.3) is 0 Å². The third-order valence-electron chi connectivity index (χ3n) is 14.2. The number of aliphatic hydroxyl groups is 8. The number of allylic oxidation sites excluding steroid dienone is 1. The summed E-state index contributed by atoms with van der Waals surface area (Å²) in [5.74, 6) is -0.235. The lowest BCUT2D eigenvalue weighted by Gasteiger charge is -2.46. The van der Waals surface area contributed by atoms with Crippen molar-refractivity contribution < 1.29 is 64.6 Å². The van der Waals surface area contributed by atoms with E-state index in [4.69, 9.17) is 18.9 Å². The molecule has 2 heterocycles. The van der Waals surface area contributed by atoms with E-state index in [0.717, 1.165) is 38.5 Å². The molecule has 12 atom stereocenters. The predicted molar refractivity (Wildman–Crippen MR) is 272 cm³/mol. The van der Waals surface area contributed by atoms with E-state index in [2.05, 4.69) is 19.2 Å². The average molecular weight is 988 g/mol. The molecular weight excluding hydrogens is 883 g/mol. The molecule has 14 nitrogen and oxygen atoms in total. The van der Waals surface area contributed by atoms with E-state index in [1.165, 1.54) is 173 Å². The summed E-state index contributed by atoms with van der Waals surface area (Å²) in [7, 11) is 0. The number of carbonyl (C=O) groups excluding carboxylic acids is 1. The summed E-state index contributed by atoms with van der Waals surface area (Å²) in [4.78, 5) is 13.2. The fourth-order valence-electron chi connectivity index (χ4n) is 9.59. The molecule has 2 fully saturated rings. The number of carbonyl (C=O) groups is 1. The minimum Gasteiger partial charge on any atom is -0.394 e. The van der Waals surface area contributed by atoms with Gasteiger partial charge in [-0.25, -0.2) is 0 Å². The SMILES string of the molecule is CCCCCCCCCCCCCC=CC(O)C(CO[C@@H]1O[C@H](CO)[C@H](O[C@H]2O[C@H](CO)[C@H](O)[C@H](O)[C@H]2O)[C@H](O)[C@H]1O)NC(=O)CCCCCCCCCCCCCCCCCCCCCCCC. The number of hydrogen-bond donors (Lipinski definition) is 9. The van der Waals surface area contributed by atoms with E-state index < -0.39 is 86.8 Å². The zero-order chi connectivity index (χ0) is 50.3. The van der Waals surface area contributed by atoms with Crippen molar-refractivity contribution in [1.82, 2.24) is 5.32 Å². The minimum atomic E-state index is -1.78. The molecule has 0 aromatic heterocycles. The predicted octanol–water partition coefficient (Wildman–Crippen LogP) is 8.72. The van der Waals surface area contributed by atoms with Crippen LogP contribution in [0.5, 0.6) is 0 Å². The van der Waals surface area contributed by atoms with Crippen LogP contribution in [0.4, 0.5) is 0 Å². The van der Waals surface area contributed by atoms with Gasteiger partial charge in [0.15, 0.2) is 12.6 Å². The van der Waals surface area contributed by atoms with E-state index in [0.29, 0.717) is 6.42 Å². The Morgan fingerprint density at radius 1 is 0.507 bits per heavy atom. The molecule has 2 aliphatic heterocycles. The fourth-order valence-corrected chi connectivity index (χ4v) is 9.59. The van der Waals surface area contributed by atoms with Gasteiger partial charge in [-0.05, 0) is 19.3 Å². The van der Waals surface area contributed by atoms with Crippen LogP contribution in [-0.2, 0) is 23.7 Å². The summed E-state index contributed by atoms with van der Waals surface area (Å²) >= 11 is 0. The van der Waals surface area contributed by atoms with Gasteiger partial charge in [0.25, 0.3) is 0 Å². The lowest BCUT2D eigenvalue weighted by atomic mass is 9.97.